The van der Waals surface area contributed by atoms with Crippen LogP contribution in [0.3, 0.4) is 0 Å². The highest BCUT2D eigenvalue weighted by molar-refractivity contribution is 7.15. The monoisotopic (exact) mass is 966 g/mol. The molecule has 5 aromatic rings. The average Bonchev–Trinajstić information content (AvgIpc) is 4.02. The van der Waals surface area contributed by atoms with E-state index in [1.165, 1.54) is 18.3 Å². The number of hydrogen-bond acceptors (Lipinski definition) is 17. The van der Waals surface area contributed by atoms with E-state index < -0.39 is 0 Å². The Morgan fingerprint density at radius 3 is 2.13 bits per heavy atom. The Kier molecular flexibility index (Phi) is 18.1. The SMILES string of the molecule is CC(=O)c1c(C)c2cnc(Nc3ccc(N4CCN(CC(=O)NCCOCCOCCOCCNC(=O)CNc5ccc(C(=O)Nc6ncc(C)s6)c(C)c5)CC4)cn3)nc2n(C2CCCC2)c1=O. The number of thiazole rings is 1. The number of amides is 3. The second-order valence-electron chi connectivity index (χ2n) is 17.0. The molecule has 1 aliphatic heterocycles. The number of rotatable bonds is 24. The van der Waals surface area contributed by atoms with Gasteiger partial charge in [-0.2, -0.15) is 4.98 Å². The van der Waals surface area contributed by atoms with Gasteiger partial charge in [-0.15, -0.1) is 11.3 Å². The van der Waals surface area contributed by atoms with Gasteiger partial charge in [0, 0.05) is 79.2 Å². The first-order valence-electron chi connectivity index (χ1n) is 23.4. The summed E-state index contributed by atoms with van der Waals surface area (Å²) in [6, 6.07) is 9.16. The number of anilines is 5. The molecular weight excluding hydrogens is 905 g/mol. The summed E-state index contributed by atoms with van der Waals surface area (Å²) >= 11 is 1.41. The third kappa shape index (κ3) is 14.1. The van der Waals surface area contributed by atoms with Crippen molar-refractivity contribution in [3.05, 3.63) is 86.4 Å². The highest BCUT2D eigenvalue weighted by Gasteiger charge is 2.26. The first kappa shape index (κ1) is 50.5. The number of benzene rings is 1. The molecule has 0 unspecified atom stereocenters. The normalized spacial score (nSPS) is 14.2. The number of hydrogen-bond donors (Lipinski definition) is 5. The Labute approximate surface area is 404 Å². The van der Waals surface area contributed by atoms with Crippen molar-refractivity contribution in [1.29, 1.82) is 0 Å². The van der Waals surface area contributed by atoms with E-state index in [0.29, 0.717) is 98.3 Å². The number of aryl methyl sites for hydroxylation is 3. The smallest absolute Gasteiger partial charge is 0.263 e. The molecule has 5 heterocycles. The topological polar surface area (TPSA) is 236 Å². The second kappa shape index (κ2) is 24.8. The molecule has 1 saturated carbocycles. The molecule has 0 bridgehead atoms. The van der Waals surface area contributed by atoms with E-state index in [2.05, 4.69) is 51.3 Å². The average molecular weight is 967 g/mol. The predicted octanol–water partition coefficient (Wildman–Crippen LogP) is 4.40. The molecule has 7 rings (SSSR count). The summed E-state index contributed by atoms with van der Waals surface area (Å²) < 4.78 is 18.4. The van der Waals surface area contributed by atoms with Crippen LogP contribution in [0.25, 0.3) is 11.0 Å². The van der Waals surface area contributed by atoms with Crippen LogP contribution in [0.15, 0.2) is 53.7 Å². The van der Waals surface area contributed by atoms with Gasteiger partial charge in [0.1, 0.15) is 11.5 Å². The number of ether oxygens (including phenoxy) is 3. The number of pyridine rings is 2. The minimum absolute atomic E-state index is 0.00448. The Morgan fingerprint density at radius 1 is 0.797 bits per heavy atom. The van der Waals surface area contributed by atoms with Crippen LogP contribution in [0.4, 0.5) is 28.3 Å². The molecule has 0 radical (unpaired) electrons. The molecule has 1 saturated heterocycles. The van der Waals surface area contributed by atoms with E-state index in [-0.39, 0.29) is 47.2 Å². The van der Waals surface area contributed by atoms with Crippen LogP contribution in [-0.4, -0.2) is 145 Å². The Hall–Kier alpha value is -6.39. The minimum atomic E-state index is -0.288. The van der Waals surface area contributed by atoms with Crippen LogP contribution in [0.1, 0.15) is 75.4 Å². The van der Waals surface area contributed by atoms with Crippen molar-refractivity contribution in [3.8, 4) is 0 Å². The molecule has 368 valence electrons. The summed E-state index contributed by atoms with van der Waals surface area (Å²) in [6.07, 6.45) is 8.98. The fourth-order valence-electron chi connectivity index (χ4n) is 8.41. The van der Waals surface area contributed by atoms with Crippen LogP contribution >= 0.6 is 11.3 Å². The van der Waals surface area contributed by atoms with Crippen molar-refractivity contribution >= 4 is 74.1 Å². The standard InChI is InChI=1S/C48H62N12O8S/c1-31-25-35(9-11-38(31)45(64)57-48-54-26-32(2)69-48)51-29-41(62)49-13-19-66-21-23-68-24-22-67-20-14-50-42(63)30-58-15-17-59(18-16-58)37-10-12-40(52-27-37)55-47-53-28-39-33(3)43(34(4)61)46(65)60(44(39)56-47)36-7-5-6-8-36/h9-12,25-28,36,51H,5-8,13-24,29-30H2,1-4H3,(H,49,62)(H,50,63)(H,54,57,64)(H,52,53,55,56). The van der Waals surface area contributed by atoms with Crippen LogP contribution < -0.4 is 37.0 Å². The molecule has 1 aliphatic carbocycles. The van der Waals surface area contributed by atoms with E-state index in [9.17, 15) is 24.0 Å². The Balaban J connectivity index is 0.695. The maximum Gasteiger partial charge on any atom is 0.263 e. The van der Waals surface area contributed by atoms with Gasteiger partial charge in [0.05, 0.1) is 70.2 Å². The van der Waals surface area contributed by atoms with Crippen LogP contribution in [0.5, 0.6) is 0 Å². The summed E-state index contributed by atoms with van der Waals surface area (Å²) in [5.74, 6) is 0.163. The third-order valence-electron chi connectivity index (χ3n) is 12.0. The van der Waals surface area contributed by atoms with Crippen LogP contribution in [0.2, 0.25) is 0 Å². The van der Waals surface area contributed by atoms with E-state index in [0.717, 1.165) is 73.7 Å². The zero-order valence-electron chi connectivity index (χ0n) is 39.7. The first-order valence-corrected chi connectivity index (χ1v) is 24.2. The van der Waals surface area contributed by atoms with Gasteiger partial charge >= 0.3 is 0 Å². The fourth-order valence-corrected chi connectivity index (χ4v) is 9.07. The Bertz CT molecular complexity index is 2630. The van der Waals surface area contributed by atoms with Gasteiger partial charge < -0.3 is 40.4 Å². The largest absolute Gasteiger partial charge is 0.377 e. The summed E-state index contributed by atoms with van der Waals surface area (Å²) in [4.78, 5) is 87.0. The van der Waals surface area contributed by atoms with Gasteiger partial charge in [0.2, 0.25) is 17.8 Å². The van der Waals surface area contributed by atoms with E-state index in [1.54, 1.807) is 42.2 Å². The summed E-state index contributed by atoms with van der Waals surface area (Å²) in [5, 5.41) is 16.0. The number of Topliss-reactive ketones (excluding diaryl/α,β-unsaturated/α-hetero) is 1. The van der Waals surface area contributed by atoms with Crippen LogP contribution in [-0.2, 0) is 23.8 Å². The molecule has 5 N–H and O–H groups in total. The summed E-state index contributed by atoms with van der Waals surface area (Å²) in [6.45, 7) is 13.3. The van der Waals surface area contributed by atoms with Crippen molar-refractivity contribution in [2.45, 2.75) is 59.4 Å². The van der Waals surface area contributed by atoms with Crippen molar-refractivity contribution in [3.63, 3.8) is 0 Å². The minimum Gasteiger partial charge on any atom is -0.377 e. The van der Waals surface area contributed by atoms with Crippen LogP contribution in [0, 0.1) is 20.8 Å². The second-order valence-corrected chi connectivity index (χ2v) is 18.3. The van der Waals surface area contributed by atoms with Crippen molar-refractivity contribution in [2.75, 3.05) is 113 Å². The Morgan fingerprint density at radius 2 is 1.49 bits per heavy atom. The predicted molar refractivity (Wildman–Crippen MR) is 265 cm³/mol. The maximum absolute atomic E-state index is 13.6. The number of carbonyl (C=O) groups excluding carboxylic acids is 4. The lowest BCUT2D eigenvalue weighted by atomic mass is 10.0. The van der Waals surface area contributed by atoms with E-state index >= 15 is 0 Å². The summed E-state index contributed by atoms with van der Waals surface area (Å²) in [5.41, 5.74) is 4.05. The number of ketones is 1. The molecule has 2 fully saturated rings. The number of nitrogens with one attached hydrogen (secondary N) is 5. The highest BCUT2D eigenvalue weighted by atomic mass is 32.1. The molecule has 21 heteroatoms. The molecule has 0 atom stereocenters. The zero-order chi connectivity index (χ0) is 48.7. The first-order chi connectivity index (χ1) is 33.4. The molecule has 3 amide bonds. The number of aromatic nitrogens is 5. The lowest BCUT2D eigenvalue weighted by Gasteiger charge is -2.35. The molecule has 4 aromatic heterocycles. The summed E-state index contributed by atoms with van der Waals surface area (Å²) in [7, 11) is 0. The van der Waals surface area contributed by atoms with E-state index in [1.807, 2.05) is 32.0 Å². The van der Waals surface area contributed by atoms with Crippen molar-refractivity contribution in [1.82, 2.24) is 40.0 Å². The van der Waals surface area contributed by atoms with Gasteiger partial charge in [-0.1, -0.05) is 12.8 Å². The van der Waals surface area contributed by atoms with Crippen molar-refractivity contribution < 1.29 is 33.4 Å². The molecular formula is C48H62N12O8S. The highest BCUT2D eigenvalue weighted by Crippen LogP contribution is 2.32. The number of piperazine rings is 1. The lowest BCUT2D eigenvalue weighted by molar-refractivity contribution is -0.122. The van der Waals surface area contributed by atoms with Crippen molar-refractivity contribution in [2.24, 2.45) is 0 Å². The van der Waals surface area contributed by atoms with Gasteiger partial charge in [-0.3, -0.25) is 38.8 Å². The third-order valence-corrected chi connectivity index (χ3v) is 12.8. The van der Waals surface area contributed by atoms with Gasteiger partial charge in [0.25, 0.3) is 11.5 Å². The van der Waals surface area contributed by atoms with Gasteiger partial charge in [-0.25, -0.2) is 15.0 Å². The zero-order valence-corrected chi connectivity index (χ0v) is 40.5. The number of nitrogens with zero attached hydrogens (tertiary/aromatic N) is 7. The molecule has 1 aromatic carbocycles. The van der Waals surface area contributed by atoms with E-state index in [4.69, 9.17) is 19.2 Å². The number of carbonyl (C=O) groups is 4. The molecule has 0 spiro atoms. The fraction of sp³-hybridized carbons (Fsp3) is 0.479. The maximum atomic E-state index is 13.6. The quantitative estimate of drug-likeness (QED) is 0.0426. The van der Waals surface area contributed by atoms with Gasteiger partial charge in [0.15, 0.2) is 10.9 Å². The lowest BCUT2D eigenvalue weighted by Crippen LogP contribution is -2.49. The molecule has 2 aliphatic rings. The molecule has 20 nitrogen and oxygen atoms in total. The van der Waals surface area contributed by atoms with Gasteiger partial charge in [-0.05, 0) is 82.0 Å². The number of fused-ring (bicyclic) bond motifs is 1. The molecule has 69 heavy (non-hydrogen) atoms.